The lowest BCUT2D eigenvalue weighted by Gasteiger charge is -2.31. The molecule has 2 rings (SSSR count). The average molecular weight is 448 g/mol. The molecule has 0 N–H and O–H groups in total. The molecule has 0 amide bonds. The third-order valence-electron chi connectivity index (χ3n) is 5.10. The number of hydrogen-bond acceptors (Lipinski definition) is 4. The van der Waals surface area contributed by atoms with Crippen molar-refractivity contribution in [3.05, 3.63) is 72.9 Å². The average Bonchev–Trinajstić information content (AvgIpc) is 2.78. The van der Waals surface area contributed by atoms with Crippen LogP contribution in [0.1, 0.15) is 51.0 Å². The lowest BCUT2D eigenvalue weighted by atomic mass is 10.1. The Kier molecular flexibility index (Phi) is 12.8. The molecule has 1 aliphatic heterocycles. The number of carbonyl (C=O) groups excluding carboxylic acids is 1. The Bertz CT molecular complexity index is 815. The molecule has 172 valence electrons. The minimum atomic E-state index is -3.37. The summed E-state index contributed by atoms with van der Waals surface area (Å²) in [7, 11) is -3.37. The van der Waals surface area contributed by atoms with Crippen LogP contribution >= 0.6 is 0 Å². The van der Waals surface area contributed by atoms with Gasteiger partial charge in [0.1, 0.15) is 6.04 Å². The predicted octanol–water partition coefficient (Wildman–Crippen LogP) is 5.06. The molecule has 5 nitrogen and oxygen atoms in total. The third kappa shape index (κ3) is 10.6. The molecule has 1 saturated heterocycles. The SMILES string of the molecule is C=C/C=C(\C=C)CCCCOC(=O)C1CCCCN1S(C)(=O)=O.CCc1ccccc1. The van der Waals surface area contributed by atoms with Gasteiger partial charge in [0.15, 0.2) is 0 Å². The molecule has 0 aliphatic carbocycles. The monoisotopic (exact) mass is 447 g/mol. The van der Waals surface area contributed by atoms with Gasteiger partial charge in [-0.15, -0.1) is 0 Å². The fourth-order valence-corrected chi connectivity index (χ4v) is 4.47. The highest BCUT2D eigenvalue weighted by Gasteiger charge is 2.35. The van der Waals surface area contributed by atoms with E-state index < -0.39 is 22.0 Å². The smallest absolute Gasteiger partial charge is 0.324 e. The van der Waals surface area contributed by atoms with Crippen LogP contribution in [0, 0.1) is 0 Å². The first-order valence-electron chi connectivity index (χ1n) is 10.9. The first-order valence-corrected chi connectivity index (χ1v) is 12.8. The molecular weight excluding hydrogens is 410 g/mol. The highest BCUT2D eigenvalue weighted by atomic mass is 32.2. The zero-order valence-corrected chi connectivity index (χ0v) is 19.8. The lowest BCUT2D eigenvalue weighted by molar-refractivity contribution is -0.149. The van der Waals surface area contributed by atoms with Gasteiger partial charge in [0.2, 0.25) is 10.0 Å². The molecule has 1 fully saturated rings. The number of sulfonamides is 1. The van der Waals surface area contributed by atoms with Crippen LogP contribution in [0.15, 0.2) is 67.3 Å². The van der Waals surface area contributed by atoms with Crippen molar-refractivity contribution in [3.8, 4) is 0 Å². The van der Waals surface area contributed by atoms with Crippen molar-refractivity contribution >= 4 is 16.0 Å². The Morgan fingerprint density at radius 3 is 2.45 bits per heavy atom. The number of allylic oxidation sites excluding steroid dienone is 4. The van der Waals surface area contributed by atoms with E-state index in [1.807, 2.05) is 12.1 Å². The summed E-state index contributed by atoms with van der Waals surface area (Å²) in [6.45, 7) is 10.3. The number of esters is 1. The van der Waals surface area contributed by atoms with Crippen LogP contribution in [0.3, 0.4) is 0 Å². The maximum absolute atomic E-state index is 12.1. The van der Waals surface area contributed by atoms with Gasteiger partial charge >= 0.3 is 5.97 Å². The Morgan fingerprint density at radius 1 is 1.19 bits per heavy atom. The number of hydrogen-bond donors (Lipinski definition) is 0. The van der Waals surface area contributed by atoms with Crippen molar-refractivity contribution in [2.75, 3.05) is 19.4 Å². The Morgan fingerprint density at radius 2 is 1.90 bits per heavy atom. The maximum atomic E-state index is 12.1. The second-order valence-corrected chi connectivity index (χ2v) is 9.47. The Balaban J connectivity index is 0.000000500. The Hall–Kier alpha value is -2.18. The summed E-state index contributed by atoms with van der Waals surface area (Å²) in [5, 5.41) is 0. The summed E-state index contributed by atoms with van der Waals surface area (Å²) >= 11 is 0. The van der Waals surface area contributed by atoms with E-state index >= 15 is 0 Å². The minimum Gasteiger partial charge on any atom is -0.464 e. The van der Waals surface area contributed by atoms with Gasteiger partial charge < -0.3 is 4.74 Å². The van der Waals surface area contributed by atoms with E-state index in [1.165, 1.54) is 9.87 Å². The molecule has 0 bridgehead atoms. The summed E-state index contributed by atoms with van der Waals surface area (Å²) in [5.74, 6) is -0.430. The normalized spacial score (nSPS) is 17.2. The van der Waals surface area contributed by atoms with Crippen LogP contribution in [-0.2, 0) is 26.0 Å². The largest absolute Gasteiger partial charge is 0.464 e. The molecular formula is C25H37NO4S. The lowest BCUT2D eigenvalue weighted by Crippen LogP contribution is -2.48. The van der Waals surface area contributed by atoms with E-state index in [2.05, 4.69) is 44.3 Å². The van der Waals surface area contributed by atoms with E-state index in [1.54, 1.807) is 12.2 Å². The van der Waals surface area contributed by atoms with Gasteiger partial charge in [0, 0.05) is 6.54 Å². The molecule has 1 unspecified atom stereocenters. The highest BCUT2D eigenvalue weighted by Crippen LogP contribution is 2.21. The molecule has 1 atom stereocenters. The van der Waals surface area contributed by atoms with Crippen LogP contribution < -0.4 is 0 Å². The molecule has 1 aromatic rings. The van der Waals surface area contributed by atoms with Gasteiger partial charge in [-0.05, 0) is 56.1 Å². The fraction of sp³-hybridized carbons (Fsp3) is 0.480. The van der Waals surface area contributed by atoms with Gasteiger partial charge in [0.05, 0.1) is 12.9 Å². The molecule has 31 heavy (non-hydrogen) atoms. The maximum Gasteiger partial charge on any atom is 0.324 e. The number of ether oxygens (including phenoxy) is 1. The first-order chi connectivity index (χ1) is 14.8. The van der Waals surface area contributed by atoms with E-state index in [0.717, 1.165) is 50.4 Å². The van der Waals surface area contributed by atoms with Crippen molar-refractivity contribution in [2.24, 2.45) is 0 Å². The van der Waals surface area contributed by atoms with Gasteiger partial charge in [-0.3, -0.25) is 4.79 Å². The summed E-state index contributed by atoms with van der Waals surface area (Å²) < 4.78 is 30.0. The topological polar surface area (TPSA) is 63.7 Å². The van der Waals surface area contributed by atoms with E-state index in [4.69, 9.17) is 4.74 Å². The van der Waals surface area contributed by atoms with Crippen LogP contribution in [0.25, 0.3) is 0 Å². The minimum absolute atomic E-state index is 0.311. The van der Waals surface area contributed by atoms with Crippen LogP contribution in [0.2, 0.25) is 0 Å². The van der Waals surface area contributed by atoms with Gasteiger partial charge in [-0.25, -0.2) is 8.42 Å². The van der Waals surface area contributed by atoms with Crippen LogP contribution in [0.4, 0.5) is 0 Å². The first kappa shape index (κ1) is 26.9. The summed E-state index contributed by atoms with van der Waals surface area (Å²) in [5.41, 5.74) is 2.51. The van der Waals surface area contributed by atoms with Gasteiger partial charge in [0.25, 0.3) is 0 Å². The number of piperidine rings is 1. The molecule has 0 radical (unpaired) electrons. The van der Waals surface area contributed by atoms with Crippen LogP contribution in [0.5, 0.6) is 0 Å². The van der Waals surface area contributed by atoms with Crippen molar-refractivity contribution in [3.63, 3.8) is 0 Å². The second kappa shape index (κ2) is 14.8. The summed E-state index contributed by atoms with van der Waals surface area (Å²) in [6.07, 6.45) is 12.3. The number of benzene rings is 1. The van der Waals surface area contributed by atoms with Crippen molar-refractivity contribution in [1.82, 2.24) is 4.31 Å². The highest BCUT2D eigenvalue weighted by molar-refractivity contribution is 7.88. The van der Waals surface area contributed by atoms with Crippen molar-refractivity contribution in [2.45, 2.75) is 57.9 Å². The second-order valence-electron chi connectivity index (χ2n) is 7.53. The van der Waals surface area contributed by atoms with Crippen LogP contribution in [-0.4, -0.2) is 44.1 Å². The fourth-order valence-electron chi connectivity index (χ4n) is 3.36. The zero-order valence-electron chi connectivity index (χ0n) is 19.0. The molecule has 0 spiro atoms. The van der Waals surface area contributed by atoms with Crippen molar-refractivity contribution < 1.29 is 17.9 Å². The van der Waals surface area contributed by atoms with Crippen molar-refractivity contribution in [1.29, 1.82) is 0 Å². The molecule has 1 heterocycles. The zero-order chi connectivity index (χ0) is 23.1. The van der Waals surface area contributed by atoms with Gasteiger partial charge in [-0.1, -0.05) is 68.6 Å². The Labute approximate surface area is 188 Å². The standard InChI is InChI=1S/C17H27NO4S.C8H10/c1-4-10-15(5-2)11-7-9-14-22-17(19)16-12-6-8-13-18(16)23(3,20)21;1-2-8-6-4-3-5-7-8/h4-5,10,16H,1-2,6-9,11-14H2,3H3;3-7H,2H2,1H3/b15-10+;. The van der Waals surface area contributed by atoms with E-state index in [0.29, 0.717) is 19.6 Å². The molecule has 1 aliphatic rings. The molecule has 0 aromatic heterocycles. The third-order valence-corrected chi connectivity index (χ3v) is 6.39. The van der Waals surface area contributed by atoms with Gasteiger partial charge in [-0.2, -0.15) is 4.31 Å². The van der Waals surface area contributed by atoms with E-state index in [-0.39, 0.29) is 0 Å². The van der Waals surface area contributed by atoms with E-state index in [9.17, 15) is 13.2 Å². The predicted molar refractivity (Wildman–Crippen MR) is 128 cm³/mol. The number of nitrogens with zero attached hydrogens (tertiary/aromatic N) is 1. The number of carbonyl (C=O) groups is 1. The summed E-state index contributed by atoms with van der Waals surface area (Å²) in [6, 6.07) is 9.79. The molecule has 6 heteroatoms. The number of rotatable bonds is 10. The number of unbranched alkanes of at least 4 members (excludes halogenated alkanes) is 1. The summed E-state index contributed by atoms with van der Waals surface area (Å²) in [4.78, 5) is 12.1. The number of aryl methyl sites for hydroxylation is 1. The molecule has 1 aromatic carbocycles. The molecule has 0 saturated carbocycles. The quantitative estimate of drug-likeness (QED) is 0.286.